The molecule has 0 amide bonds. The van der Waals surface area contributed by atoms with Crippen LogP contribution in [0.4, 0.5) is 0 Å². The summed E-state index contributed by atoms with van der Waals surface area (Å²) in [6, 6.07) is -0.500. The van der Waals surface area contributed by atoms with Crippen LogP contribution in [0.1, 0.15) is 6.92 Å². The van der Waals surface area contributed by atoms with Crippen molar-refractivity contribution in [3.05, 3.63) is 0 Å². The first-order chi connectivity index (χ1) is 5.22. The van der Waals surface area contributed by atoms with Crippen LogP contribution in [0, 0.1) is 0 Å². The van der Waals surface area contributed by atoms with Gasteiger partial charge in [-0.3, -0.25) is 0 Å². The molecule has 0 heterocycles. The molecule has 2 radical (unpaired) electrons. The Morgan fingerprint density at radius 1 is 1.91 bits per heavy atom. The van der Waals surface area contributed by atoms with Gasteiger partial charge in [0.2, 0.25) is 0 Å². The van der Waals surface area contributed by atoms with E-state index in [0.29, 0.717) is 12.4 Å². The Bertz CT molecular complexity index is 127. The van der Waals surface area contributed by atoms with Crippen molar-refractivity contribution in [1.82, 2.24) is 0 Å². The third-order valence-electron chi connectivity index (χ3n) is 0.907. The van der Waals surface area contributed by atoms with E-state index in [1.165, 1.54) is 0 Å². The fraction of sp³-hybridized carbons (Fsp3) is 0.800. The first-order valence-electron chi connectivity index (χ1n) is 3.12. The Kier molecular flexibility index (Phi) is 8.11. The van der Waals surface area contributed by atoms with Gasteiger partial charge in [0.25, 0.3) is 0 Å². The number of esters is 1. The van der Waals surface area contributed by atoms with Crippen LogP contribution >= 0.6 is 17.9 Å². The van der Waals surface area contributed by atoms with E-state index in [1.54, 1.807) is 15.9 Å². The summed E-state index contributed by atoms with van der Waals surface area (Å²) in [7, 11) is 7.13. The molecule has 1 unspecified atom stereocenters. The van der Waals surface area contributed by atoms with Gasteiger partial charge in [-0.05, 0) is 0 Å². The van der Waals surface area contributed by atoms with Crippen molar-refractivity contribution in [2.45, 2.75) is 13.0 Å². The minimum atomic E-state index is -0.803. The summed E-state index contributed by atoms with van der Waals surface area (Å²) in [6.07, 6.45) is 0. The molecule has 0 saturated carbocycles. The maximum absolute atomic E-state index is 10.9. The number of carbonyl (C=O) groups excluding carboxylic acids is 1. The summed E-state index contributed by atoms with van der Waals surface area (Å²) in [6.45, 7) is 2.15. The van der Waals surface area contributed by atoms with Gasteiger partial charge in [-0.15, -0.1) is 0 Å². The molecule has 0 spiro atoms. The molecule has 11 heavy (non-hydrogen) atoms. The first-order valence-corrected chi connectivity index (χ1v) is 11.2. The zero-order chi connectivity index (χ0) is 8.69. The second kappa shape index (κ2) is 7.51. The molecule has 6 heteroatoms. The maximum atomic E-state index is 10.9. The summed E-state index contributed by atoms with van der Waals surface area (Å²) in [5, 5.41) is 0. The van der Waals surface area contributed by atoms with Crippen molar-refractivity contribution in [1.29, 1.82) is 0 Å². The van der Waals surface area contributed by atoms with Crippen molar-refractivity contribution in [3.63, 3.8) is 0 Å². The molecule has 0 aromatic rings. The van der Waals surface area contributed by atoms with Crippen LogP contribution in [0.3, 0.4) is 0 Å². The van der Waals surface area contributed by atoms with Crippen LogP contribution in [-0.2, 0) is 9.53 Å². The number of ether oxygens (including phenoxy) is 1. The van der Waals surface area contributed by atoms with E-state index in [4.69, 9.17) is 19.4 Å². The second-order valence-corrected chi connectivity index (χ2v) is 9.42. The molecule has 0 aromatic heterocycles. The van der Waals surface area contributed by atoms with Gasteiger partial charge in [0.1, 0.15) is 0 Å². The predicted octanol–water partition coefficient (Wildman–Crippen LogP) is 0.383. The molecule has 0 aliphatic carbocycles. The molecule has 0 bridgehead atoms. The van der Waals surface area contributed by atoms with Crippen LogP contribution in [0.2, 0.25) is 0 Å². The van der Waals surface area contributed by atoms with E-state index in [9.17, 15) is 4.79 Å². The van der Waals surface area contributed by atoms with E-state index in [-0.39, 0.29) is 5.97 Å². The Hall–Kier alpha value is 0.869. The molecule has 64 valence electrons. The van der Waals surface area contributed by atoms with Crippen LogP contribution < -0.4 is 5.73 Å². The van der Waals surface area contributed by atoms with Gasteiger partial charge in [0.05, 0.1) is 0 Å². The molecular formula is C5H10ClNO2SSn. The van der Waals surface area contributed by atoms with Gasteiger partial charge in [-0.25, -0.2) is 0 Å². The average Bonchev–Trinajstić information content (AvgIpc) is 2.00. The van der Waals surface area contributed by atoms with E-state index in [2.05, 4.69) is 0 Å². The summed E-state index contributed by atoms with van der Waals surface area (Å²) in [5.41, 5.74) is 5.46. The third-order valence-corrected chi connectivity index (χ3v) is 6.10. The number of nitrogens with two attached hydrogens (primary N) is 1. The van der Waals surface area contributed by atoms with Gasteiger partial charge >= 0.3 is 83.1 Å². The number of carbonyl (C=O) groups is 1. The number of hydrogen-bond donors (Lipinski definition) is 1. The average molecular weight is 302 g/mol. The van der Waals surface area contributed by atoms with Crippen LogP contribution in [-0.4, -0.2) is 43.0 Å². The summed E-state index contributed by atoms with van der Waals surface area (Å²) >= 11 is -0.803. The number of halogens is 1. The van der Waals surface area contributed by atoms with Gasteiger partial charge in [0.15, 0.2) is 0 Å². The zero-order valence-electron chi connectivity index (χ0n) is 6.17. The first kappa shape index (κ1) is 11.9. The Morgan fingerprint density at radius 2 is 2.55 bits per heavy atom. The predicted molar refractivity (Wildman–Crippen MR) is 48.7 cm³/mol. The van der Waals surface area contributed by atoms with Crippen molar-refractivity contribution in [2.75, 3.05) is 12.4 Å². The molecule has 0 aromatic carbocycles. The van der Waals surface area contributed by atoms with E-state index in [1.807, 2.05) is 0 Å². The zero-order valence-corrected chi connectivity index (χ0v) is 10.6. The van der Waals surface area contributed by atoms with Crippen LogP contribution in [0.15, 0.2) is 0 Å². The third kappa shape index (κ3) is 6.07. The van der Waals surface area contributed by atoms with Crippen molar-refractivity contribution in [2.24, 2.45) is 5.73 Å². The molecule has 0 aliphatic rings. The Balaban J connectivity index is 3.46. The normalized spacial score (nSPS) is 12.6. The molecule has 0 aliphatic heterocycles. The van der Waals surface area contributed by atoms with Crippen molar-refractivity contribution in [3.8, 4) is 0 Å². The molecule has 0 fully saturated rings. The van der Waals surface area contributed by atoms with E-state index in [0.717, 1.165) is 0 Å². The standard InChI is InChI=1S/C5H11NO2S.ClH.Sn/c1-2-8-5(7)4(6)3-9;;/h4,9H,2-3,6H2,1H3;1H;/q;;+2/p-2. The number of rotatable bonds is 5. The Morgan fingerprint density at radius 3 is 3.00 bits per heavy atom. The molecule has 0 rings (SSSR count). The van der Waals surface area contributed by atoms with Gasteiger partial charge < -0.3 is 0 Å². The number of hydrogen-bond acceptors (Lipinski definition) is 4. The van der Waals surface area contributed by atoms with Crippen LogP contribution in [0.25, 0.3) is 0 Å². The fourth-order valence-corrected chi connectivity index (χ4v) is 4.16. The molecule has 3 nitrogen and oxygen atoms in total. The molecular weight excluding hydrogens is 292 g/mol. The monoisotopic (exact) mass is 303 g/mol. The molecule has 0 saturated heterocycles. The summed E-state index contributed by atoms with van der Waals surface area (Å²) in [4.78, 5) is 10.9. The SMILES string of the molecule is CCOC(=O)C(N)C[S][Sn][Cl]. The summed E-state index contributed by atoms with van der Waals surface area (Å²) < 4.78 is 4.70. The second-order valence-electron chi connectivity index (χ2n) is 1.75. The van der Waals surface area contributed by atoms with Crippen molar-refractivity contribution >= 4 is 42.5 Å². The van der Waals surface area contributed by atoms with Gasteiger partial charge in [-0.2, -0.15) is 0 Å². The van der Waals surface area contributed by atoms with Gasteiger partial charge in [-0.1, -0.05) is 0 Å². The molecule has 1 atom stereocenters. The van der Waals surface area contributed by atoms with Gasteiger partial charge in [0, 0.05) is 0 Å². The topological polar surface area (TPSA) is 52.3 Å². The quantitative estimate of drug-likeness (QED) is 0.589. The fourth-order valence-electron chi connectivity index (χ4n) is 0.439. The van der Waals surface area contributed by atoms with E-state index >= 15 is 0 Å². The summed E-state index contributed by atoms with van der Waals surface area (Å²) in [5.74, 6) is 0.263. The Labute approximate surface area is 82.8 Å². The van der Waals surface area contributed by atoms with Crippen molar-refractivity contribution < 1.29 is 9.53 Å². The van der Waals surface area contributed by atoms with E-state index < -0.39 is 24.7 Å². The van der Waals surface area contributed by atoms with Crippen LogP contribution in [0.5, 0.6) is 0 Å². The minimum absolute atomic E-state index is 0.329. The molecule has 2 N–H and O–H groups in total.